The minimum atomic E-state index is -3.18. The standard InChI is InChI=1S/C14H12F2N2O7/c1-14(2)24-11(19)8(12(20)25-14)6-17-9-5-7(18(21)22)3-4-10(9)23-13(15)16/h3-6,13,17H,1-2H3. The molecule has 134 valence electrons. The van der Waals surface area contributed by atoms with E-state index in [9.17, 15) is 28.5 Å². The highest BCUT2D eigenvalue weighted by atomic mass is 19.3. The number of ether oxygens (including phenoxy) is 3. The van der Waals surface area contributed by atoms with Crippen LogP contribution in [0.2, 0.25) is 0 Å². The average molecular weight is 358 g/mol. The maximum absolute atomic E-state index is 12.4. The van der Waals surface area contributed by atoms with Crippen LogP contribution < -0.4 is 10.1 Å². The second-order valence-electron chi connectivity index (χ2n) is 5.20. The molecule has 25 heavy (non-hydrogen) atoms. The van der Waals surface area contributed by atoms with E-state index in [1.807, 2.05) is 0 Å². The number of alkyl halides is 2. The molecule has 0 radical (unpaired) electrons. The lowest BCUT2D eigenvalue weighted by molar-refractivity contribution is -0.384. The van der Waals surface area contributed by atoms with E-state index in [4.69, 9.17) is 9.47 Å². The lowest BCUT2D eigenvalue weighted by Crippen LogP contribution is -2.42. The van der Waals surface area contributed by atoms with Gasteiger partial charge in [-0.05, 0) is 6.07 Å². The number of nitro benzene ring substituents is 1. The summed E-state index contributed by atoms with van der Waals surface area (Å²) >= 11 is 0. The fraction of sp³-hybridized carbons (Fsp3) is 0.286. The molecular formula is C14H12F2N2O7. The summed E-state index contributed by atoms with van der Waals surface area (Å²) in [6.45, 7) is -0.482. The summed E-state index contributed by atoms with van der Waals surface area (Å²) in [7, 11) is 0. The zero-order chi connectivity index (χ0) is 18.8. The smallest absolute Gasteiger partial charge is 0.387 e. The van der Waals surface area contributed by atoms with E-state index in [0.29, 0.717) is 0 Å². The monoisotopic (exact) mass is 358 g/mol. The molecule has 1 heterocycles. The summed E-state index contributed by atoms with van der Waals surface area (Å²) in [5, 5.41) is 13.1. The minimum absolute atomic E-state index is 0.257. The van der Waals surface area contributed by atoms with Crippen molar-refractivity contribution in [3.8, 4) is 5.75 Å². The number of carbonyl (C=O) groups excluding carboxylic acids is 2. The second kappa shape index (κ2) is 6.71. The Labute approximate surface area is 139 Å². The van der Waals surface area contributed by atoms with Crippen molar-refractivity contribution in [2.45, 2.75) is 26.2 Å². The van der Waals surface area contributed by atoms with Gasteiger partial charge in [-0.15, -0.1) is 0 Å². The first-order chi connectivity index (χ1) is 11.6. The highest BCUT2D eigenvalue weighted by molar-refractivity contribution is 6.15. The SMILES string of the molecule is CC1(C)OC(=O)C(=CNc2cc([N+](=O)[O-])ccc2OC(F)F)C(=O)O1. The molecule has 1 saturated heterocycles. The molecule has 0 spiro atoms. The molecule has 0 atom stereocenters. The quantitative estimate of drug-likeness (QED) is 0.280. The largest absolute Gasteiger partial charge is 0.433 e. The van der Waals surface area contributed by atoms with Crippen molar-refractivity contribution in [3.05, 3.63) is 40.1 Å². The summed E-state index contributed by atoms with van der Waals surface area (Å²) in [5.41, 5.74) is -1.22. The van der Waals surface area contributed by atoms with Crippen LogP contribution >= 0.6 is 0 Å². The van der Waals surface area contributed by atoms with Crippen molar-refractivity contribution in [2.24, 2.45) is 0 Å². The van der Waals surface area contributed by atoms with Gasteiger partial charge in [0.25, 0.3) is 11.5 Å². The van der Waals surface area contributed by atoms with Gasteiger partial charge in [0.15, 0.2) is 5.57 Å². The third-order valence-corrected chi connectivity index (χ3v) is 2.88. The fourth-order valence-electron chi connectivity index (χ4n) is 1.87. The van der Waals surface area contributed by atoms with Crippen molar-refractivity contribution in [3.63, 3.8) is 0 Å². The third kappa shape index (κ3) is 4.40. The fourth-order valence-corrected chi connectivity index (χ4v) is 1.87. The van der Waals surface area contributed by atoms with E-state index >= 15 is 0 Å². The normalized spacial score (nSPS) is 16.1. The maximum Gasteiger partial charge on any atom is 0.387 e. The van der Waals surface area contributed by atoms with Crippen LogP contribution in [0, 0.1) is 10.1 Å². The summed E-state index contributed by atoms with van der Waals surface area (Å²) in [5.74, 6) is -3.87. The number of esters is 2. The Morgan fingerprint density at radius 1 is 1.28 bits per heavy atom. The van der Waals surface area contributed by atoms with Crippen molar-refractivity contribution < 1.29 is 37.5 Å². The highest BCUT2D eigenvalue weighted by Crippen LogP contribution is 2.31. The average Bonchev–Trinajstić information content (AvgIpc) is 2.45. The molecule has 2 rings (SSSR count). The van der Waals surface area contributed by atoms with E-state index < -0.39 is 46.3 Å². The van der Waals surface area contributed by atoms with E-state index in [-0.39, 0.29) is 5.69 Å². The van der Waals surface area contributed by atoms with Crippen LogP contribution in [-0.4, -0.2) is 29.3 Å². The van der Waals surface area contributed by atoms with Crippen LogP contribution in [0.1, 0.15) is 13.8 Å². The van der Waals surface area contributed by atoms with Gasteiger partial charge in [0.2, 0.25) is 0 Å². The van der Waals surface area contributed by atoms with E-state index in [2.05, 4.69) is 10.1 Å². The van der Waals surface area contributed by atoms with E-state index in [1.54, 1.807) is 0 Å². The zero-order valence-electron chi connectivity index (χ0n) is 12.9. The molecule has 0 saturated carbocycles. The number of non-ortho nitro benzene ring substituents is 1. The van der Waals surface area contributed by atoms with Crippen molar-refractivity contribution in [1.82, 2.24) is 0 Å². The zero-order valence-corrected chi connectivity index (χ0v) is 12.9. The van der Waals surface area contributed by atoms with Crippen LogP contribution in [0.15, 0.2) is 30.0 Å². The summed E-state index contributed by atoms with van der Waals surface area (Å²) in [6, 6.07) is 2.81. The Kier molecular flexibility index (Phi) is 4.86. The Morgan fingerprint density at radius 3 is 2.40 bits per heavy atom. The molecule has 1 fully saturated rings. The predicted molar refractivity (Wildman–Crippen MR) is 77.7 cm³/mol. The molecule has 1 aromatic carbocycles. The van der Waals surface area contributed by atoms with Crippen LogP contribution in [-0.2, 0) is 19.1 Å². The van der Waals surface area contributed by atoms with Crippen molar-refractivity contribution in [2.75, 3.05) is 5.32 Å². The first-order valence-electron chi connectivity index (χ1n) is 6.76. The van der Waals surface area contributed by atoms with Gasteiger partial charge >= 0.3 is 18.6 Å². The molecule has 0 aliphatic carbocycles. The molecular weight excluding hydrogens is 346 g/mol. The van der Waals surface area contributed by atoms with Crippen LogP contribution in [0.25, 0.3) is 0 Å². The van der Waals surface area contributed by atoms with Gasteiger partial charge in [-0.25, -0.2) is 9.59 Å². The molecule has 1 aliphatic rings. The molecule has 1 aromatic rings. The highest BCUT2D eigenvalue weighted by Gasteiger charge is 2.39. The number of rotatable bonds is 5. The first kappa shape index (κ1) is 18.1. The number of nitrogens with one attached hydrogen (secondary N) is 1. The topological polar surface area (TPSA) is 117 Å². The molecule has 0 bridgehead atoms. The lowest BCUT2D eigenvalue weighted by atomic mass is 10.2. The molecule has 11 heteroatoms. The lowest BCUT2D eigenvalue weighted by Gasteiger charge is -2.29. The number of nitro groups is 1. The maximum atomic E-state index is 12.4. The number of anilines is 1. The number of carbonyl (C=O) groups is 2. The molecule has 0 amide bonds. The van der Waals surface area contributed by atoms with E-state index in [1.165, 1.54) is 13.8 Å². The van der Waals surface area contributed by atoms with Gasteiger partial charge in [-0.2, -0.15) is 8.78 Å². The number of cyclic esters (lactones) is 2. The number of halogens is 2. The van der Waals surface area contributed by atoms with Crippen LogP contribution in [0.5, 0.6) is 5.75 Å². The molecule has 9 nitrogen and oxygen atoms in total. The van der Waals surface area contributed by atoms with Gasteiger partial charge < -0.3 is 19.5 Å². The van der Waals surface area contributed by atoms with Crippen molar-refractivity contribution >= 4 is 23.3 Å². The predicted octanol–water partition coefficient (Wildman–Crippen LogP) is 2.33. The summed E-state index contributed by atoms with van der Waals surface area (Å²) < 4.78 is 38.8. The number of hydrogen-bond donors (Lipinski definition) is 1. The van der Waals surface area contributed by atoms with Gasteiger partial charge in [0.05, 0.1) is 10.6 Å². The number of nitrogens with zero attached hydrogens (tertiary/aromatic N) is 1. The van der Waals surface area contributed by atoms with Gasteiger partial charge in [0, 0.05) is 32.2 Å². The molecule has 0 aromatic heterocycles. The summed E-state index contributed by atoms with van der Waals surface area (Å²) in [6.07, 6.45) is 0.831. The minimum Gasteiger partial charge on any atom is -0.433 e. The number of hydrogen-bond acceptors (Lipinski definition) is 8. The molecule has 1 aliphatic heterocycles. The van der Waals surface area contributed by atoms with Gasteiger partial charge in [-0.3, -0.25) is 10.1 Å². The van der Waals surface area contributed by atoms with Crippen LogP contribution in [0.3, 0.4) is 0 Å². The Morgan fingerprint density at radius 2 is 1.88 bits per heavy atom. The van der Waals surface area contributed by atoms with E-state index in [0.717, 1.165) is 24.4 Å². The number of benzene rings is 1. The van der Waals surface area contributed by atoms with Gasteiger partial charge in [0.1, 0.15) is 5.75 Å². The Balaban J connectivity index is 2.32. The first-order valence-corrected chi connectivity index (χ1v) is 6.76. The van der Waals surface area contributed by atoms with Gasteiger partial charge in [-0.1, -0.05) is 0 Å². The van der Waals surface area contributed by atoms with Crippen molar-refractivity contribution in [1.29, 1.82) is 0 Å². The second-order valence-corrected chi connectivity index (χ2v) is 5.20. The summed E-state index contributed by atoms with van der Waals surface area (Å²) in [4.78, 5) is 33.6. The Bertz CT molecular complexity index is 740. The molecule has 1 N–H and O–H groups in total. The van der Waals surface area contributed by atoms with Crippen LogP contribution in [0.4, 0.5) is 20.2 Å². The molecule has 0 unspecified atom stereocenters. The third-order valence-electron chi connectivity index (χ3n) is 2.88. The Hall–Kier alpha value is -3.24.